The number of halogens is 1. The van der Waals surface area contributed by atoms with E-state index in [0.717, 1.165) is 0 Å². The van der Waals surface area contributed by atoms with Crippen LogP contribution in [0.15, 0.2) is 78.9 Å². The molecule has 0 fully saturated rings. The van der Waals surface area contributed by atoms with Gasteiger partial charge < -0.3 is 10.6 Å². The third-order valence-electron chi connectivity index (χ3n) is 4.78. The highest BCUT2D eigenvalue weighted by molar-refractivity contribution is 6.17. The Morgan fingerprint density at radius 2 is 1.60 bits per heavy atom. The summed E-state index contributed by atoms with van der Waals surface area (Å²) >= 11 is 0. The SMILES string of the molecule is O=C(C[C@H]1C(=O)Nc2ccccc2N1C(=O)c1ccccc1)Nc1ccc(F)cc1. The molecule has 0 aromatic heterocycles. The Morgan fingerprint density at radius 1 is 0.933 bits per heavy atom. The Labute approximate surface area is 172 Å². The summed E-state index contributed by atoms with van der Waals surface area (Å²) in [4.78, 5) is 40.0. The molecule has 1 atom stereocenters. The molecule has 3 amide bonds. The summed E-state index contributed by atoms with van der Waals surface area (Å²) in [5, 5.41) is 5.40. The topological polar surface area (TPSA) is 78.5 Å². The molecule has 4 rings (SSSR count). The molecule has 0 radical (unpaired) electrons. The number of fused-ring (bicyclic) bond motifs is 1. The number of carbonyl (C=O) groups is 3. The van der Waals surface area contributed by atoms with Crippen LogP contribution in [0, 0.1) is 5.82 Å². The van der Waals surface area contributed by atoms with Crippen molar-refractivity contribution in [2.24, 2.45) is 0 Å². The minimum atomic E-state index is -1.03. The molecule has 3 aromatic carbocycles. The highest BCUT2D eigenvalue weighted by Gasteiger charge is 2.38. The maximum absolute atomic E-state index is 13.3. The molecule has 150 valence electrons. The van der Waals surface area contributed by atoms with E-state index in [1.54, 1.807) is 54.6 Å². The third kappa shape index (κ3) is 3.91. The van der Waals surface area contributed by atoms with Gasteiger partial charge in [-0.1, -0.05) is 30.3 Å². The first-order valence-electron chi connectivity index (χ1n) is 9.37. The number of rotatable bonds is 4. The standard InChI is InChI=1S/C23H18FN3O3/c24-16-10-12-17(13-11-16)25-21(28)14-20-22(29)26-18-8-4-5-9-19(18)27(20)23(30)15-6-2-1-3-7-15/h1-13,20H,14H2,(H,25,28)(H,26,29)/t20-/m0/s1. The van der Waals surface area contributed by atoms with E-state index in [0.29, 0.717) is 22.6 Å². The minimum Gasteiger partial charge on any atom is -0.326 e. The van der Waals surface area contributed by atoms with Crippen molar-refractivity contribution in [2.45, 2.75) is 12.5 Å². The first-order chi connectivity index (χ1) is 14.5. The van der Waals surface area contributed by atoms with Crippen molar-refractivity contribution in [1.29, 1.82) is 0 Å². The molecule has 0 saturated carbocycles. The number of benzene rings is 3. The Morgan fingerprint density at radius 3 is 2.33 bits per heavy atom. The van der Waals surface area contributed by atoms with Gasteiger partial charge in [-0.15, -0.1) is 0 Å². The van der Waals surface area contributed by atoms with Gasteiger partial charge >= 0.3 is 0 Å². The Bertz CT molecular complexity index is 1100. The number of para-hydroxylation sites is 2. The van der Waals surface area contributed by atoms with Crippen molar-refractivity contribution in [2.75, 3.05) is 15.5 Å². The summed E-state index contributed by atoms with van der Waals surface area (Å²) in [5.74, 6) is -1.72. The average Bonchev–Trinajstić information content (AvgIpc) is 2.76. The lowest BCUT2D eigenvalue weighted by Gasteiger charge is -2.36. The van der Waals surface area contributed by atoms with E-state index in [4.69, 9.17) is 0 Å². The molecule has 0 saturated heterocycles. The number of anilines is 3. The molecule has 0 unspecified atom stereocenters. The van der Waals surface area contributed by atoms with Crippen LogP contribution in [0.5, 0.6) is 0 Å². The van der Waals surface area contributed by atoms with Gasteiger partial charge in [0.15, 0.2) is 0 Å². The maximum Gasteiger partial charge on any atom is 0.259 e. The van der Waals surface area contributed by atoms with Crippen LogP contribution in [0.25, 0.3) is 0 Å². The van der Waals surface area contributed by atoms with Crippen LogP contribution in [-0.4, -0.2) is 23.8 Å². The van der Waals surface area contributed by atoms with E-state index in [9.17, 15) is 18.8 Å². The fraction of sp³-hybridized carbons (Fsp3) is 0.0870. The van der Waals surface area contributed by atoms with E-state index >= 15 is 0 Å². The molecule has 3 aromatic rings. The molecule has 1 heterocycles. The summed E-state index contributed by atoms with van der Waals surface area (Å²) in [6.07, 6.45) is -0.254. The molecule has 1 aliphatic rings. The second kappa shape index (κ2) is 8.16. The van der Waals surface area contributed by atoms with Crippen LogP contribution in [0.3, 0.4) is 0 Å². The van der Waals surface area contributed by atoms with Crippen LogP contribution in [0.4, 0.5) is 21.5 Å². The monoisotopic (exact) mass is 403 g/mol. The lowest BCUT2D eigenvalue weighted by molar-refractivity contribution is -0.122. The van der Waals surface area contributed by atoms with Gasteiger partial charge in [0.2, 0.25) is 11.8 Å². The maximum atomic E-state index is 13.3. The van der Waals surface area contributed by atoms with Gasteiger partial charge in [0.05, 0.1) is 17.8 Å². The van der Waals surface area contributed by atoms with Crippen molar-refractivity contribution in [3.63, 3.8) is 0 Å². The zero-order valence-electron chi connectivity index (χ0n) is 15.8. The summed E-state index contributed by atoms with van der Waals surface area (Å²) in [6, 6.07) is 19.8. The van der Waals surface area contributed by atoms with Gasteiger partial charge in [0.1, 0.15) is 11.9 Å². The van der Waals surface area contributed by atoms with E-state index in [1.807, 2.05) is 0 Å². The number of nitrogens with zero attached hydrogens (tertiary/aromatic N) is 1. The average molecular weight is 403 g/mol. The van der Waals surface area contributed by atoms with E-state index in [2.05, 4.69) is 10.6 Å². The molecule has 2 N–H and O–H groups in total. The second-order valence-corrected chi connectivity index (χ2v) is 6.82. The Hall–Kier alpha value is -4.00. The first kappa shape index (κ1) is 19.3. The quantitative estimate of drug-likeness (QED) is 0.695. The number of hydrogen-bond donors (Lipinski definition) is 2. The van der Waals surface area contributed by atoms with Crippen LogP contribution in [0.2, 0.25) is 0 Å². The van der Waals surface area contributed by atoms with Crippen LogP contribution in [0.1, 0.15) is 16.8 Å². The van der Waals surface area contributed by atoms with Crippen LogP contribution in [-0.2, 0) is 9.59 Å². The second-order valence-electron chi connectivity index (χ2n) is 6.82. The molecule has 0 spiro atoms. The molecule has 6 nitrogen and oxygen atoms in total. The highest BCUT2D eigenvalue weighted by Crippen LogP contribution is 2.34. The molecule has 1 aliphatic heterocycles. The third-order valence-corrected chi connectivity index (χ3v) is 4.78. The molecular formula is C23H18FN3O3. The summed E-state index contributed by atoms with van der Waals surface area (Å²) in [5.41, 5.74) is 1.83. The molecular weight excluding hydrogens is 385 g/mol. The predicted octanol–water partition coefficient (Wildman–Crippen LogP) is 3.82. The number of carbonyl (C=O) groups excluding carboxylic acids is 3. The van der Waals surface area contributed by atoms with Crippen LogP contribution >= 0.6 is 0 Å². The van der Waals surface area contributed by atoms with Gasteiger partial charge in [0, 0.05) is 11.3 Å². The van der Waals surface area contributed by atoms with E-state index in [-0.39, 0.29) is 12.3 Å². The van der Waals surface area contributed by atoms with E-state index < -0.39 is 23.7 Å². The zero-order valence-corrected chi connectivity index (χ0v) is 15.8. The smallest absolute Gasteiger partial charge is 0.259 e. The van der Waals surface area contributed by atoms with Gasteiger partial charge in [0.25, 0.3) is 5.91 Å². The Kier molecular flexibility index (Phi) is 5.26. The van der Waals surface area contributed by atoms with Crippen molar-refractivity contribution in [1.82, 2.24) is 0 Å². The highest BCUT2D eigenvalue weighted by atomic mass is 19.1. The van der Waals surface area contributed by atoms with Gasteiger partial charge in [-0.2, -0.15) is 0 Å². The number of nitrogens with one attached hydrogen (secondary N) is 2. The predicted molar refractivity (Wildman–Crippen MR) is 112 cm³/mol. The summed E-state index contributed by atoms with van der Waals surface area (Å²) < 4.78 is 13.1. The fourth-order valence-electron chi connectivity index (χ4n) is 3.37. The fourth-order valence-corrected chi connectivity index (χ4v) is 3.37. The van der Waals surface area contributed by atoms with Crippen molar-refractivity contribution >= 4 is 34.8 Å². The normalized spacial score (nSPS) is 15.2. The molecule has 7 heteroatoms. The number of hydrogen-bond acceptors (Lipinski definition) is 3. The summed E-state index contributed by atoms with van der Waals surface area (Å²) in [7, 11) is 0. The minimum absolute atomic E-state index is 0.254. The van der Waals surface area contributed by atoms with Gasteiger partial charge in [-0.25, -0.2) is 4.39 Å². The lowest BCUT2D eigenvalue weighted by Crippen LogP contribution is -2.52. The Balaban J connectivity index is 1.64. The lowest BCUT2D eigenvalue weighted by atomic mass is 10.0. The molecule has 0 bridgehead atoms. The van der Waals surface area contributed by atoms with Crippen molar-refractivity contribution < 1.29 is 18.8 Å². The molecule has 0 aliphatic carbocycles. The molecule has 30 heavy (non-hydrogen) atoms. The van der Waals surface area contributed by atoms with Crippen LogP contribution < -0.4 is 15.5 Å². The first-order valence-corrected chi connectivity index (χ1v) is 9.37. The van der Waals surface area contributed by atoms with Gasteiger partial charge in [-0.05, 0) is 48.5 Å². The summed E-state index contributed by atoms with van der Waals surface area (Å²) in [6.45, 7) is 0. The van der Waals surface area contributed by atoms with E-state index in [1.165, 1.54) is 29.2 Å². The number of amides is 3. The van der Waals surface area contributed by atoms with Gasteiger partial charge in [-0.3, -0.25) is 19.3 Å². The van der Waals surface area contributed by atoms with Crippen molar-refractivity contribution in [3.05, 3.63) is 90.2 Å². The zero-order chi connectivity index (χ0) is 21.1. The largest absolute Gasteiger partial charge is 0.326 e. The van der Waals surface area contributed by atoms with Crippen molar-refractivity contribution in [3.8, 4) is 0 Å².